The molecule has 1 heterocycles. The molecule has 1 unspecified atom stereocenters. The number of nitrogens with one attached hydrogen (secondary N) is 1. The van der Waals surface area contributed by atoms with Crippen molar-refractivity contribution in [3.8, 4) is 10.6 Å². The van der Waals surface area contributed by atoms with Gasteiger partial charge in [-0.2, -0.15) is 0 Å². The van der Waals surface area contributed by atoms with Crippen molar-refractivity contribution in [1.82, 2.24) is 15.2 Å². The van der Waals surface area contributed by atoms with Crippen molar-refractivity contribution in [2.75, 3.05) is 27.2 Å². The third kappa shape index (κ3) is 4.68. The van der Waals surface area contributed by atoms with Gasteiger partial charge in [-0.3, -0.25) is 0 Å². The molecule has 0 radical (unpaired) electrons. The van der Waals surface area contributed by atoms with E-state index in [4.69, 9.17) is 0 Å². The molecule has 2 aromatic rings. The molecule has 2 rings (SSSR count). The van der Waals surface area contributed by atoms with Gasteiger partial charge in [0.05, 0.1) is 6.10 Å². The first kappa shape index (κ1) is 15.1. The van der Waals surface area contributed by atoms with Gasteiger partial charge < -0.3 is 15.3 Å². The number of hydrogen-bond acceptors (Lipinski definition) is 5. The fraction of sp³-hybridized carbons (Fsp3) is 0.400. The SMILES string of the molecule is CN(C)CC(O)CNCc1cnc(-c2ccccc2)s1. The topological polar surface area (TPSA) is 48.4 Å². The maximum atomic E-state index is 9.76. The van der Waals surface area contributed by atoms with Gasteiger partial charge in [0.1, 0.15) is 5.01 Å². The molecule has 0 saturated carbocycles. The predicted octanol–water partition coefficient (Wildman–Crippen LogP) is 1.82. The number of nitrogens with zero attached hydrogens (tertiary/aromatic N) is 2. The van der Waals surface area contributed by atoms with Gasteiger partial charge in [0.15, 0.2) is 0 Å². The molecular formula is C15H21N3OS. The molecule has 20 heavy (non-hydrogen) atoms. The smallest absolute Gasteiger partial charge is 0.123 e. The van der Waals surface area contributed by atoms with Crippen molar-refractivity contribution in [1.29, 1.82) is 0 Å². The minimum atomic E-state index is -0.341. The van der Waals surface area contributed by atoms with Gasteiger partial charge in [-0.15, -0.1) is 11.3 Å². The highest BCUT2D eigenvalue weighted by atomic mass is 32.1. The average Bonchev–Trinajstić information content (AvgIpc) is 2.88. The van der Waals surface area contributed by atoms with E-state index in [-0.39, 0.29) is 6.10 Å². The summed E-state index contributed by atoms with van der Waals surface area (Å²) in [7, 11) is 3.91. The minimum Gasteiger partial charge on any atom is -0.390 e. The lowest BCUT2D eigenvalue weighted by Crippen LogP contribution is -2.34. The summed E-state index contributed by atoms with van der Waals surface area (Å²) in [4.78, 5) is 7.60. The maximum Gasteiger partial charge on any atom is 0.123 e. The van der Waals surface area contributed by atoms with E-state index in [0.717, 1.165) is 17.1 Å². The van der Waals surface area contributed by atoms with E-state index >= 15 is 0 Å². The Balaban J connectivity index is 1.82. The Morgan fingerprint density at radius 1 is 1.30 bits per heavy atom. The van der Waals surface area contributed by atoms with Crippen LogP contribution < -0.4 is 5.32 Å². The molecule has 1 atom stereocenters. The summed E-state index contributed by atoms with van der Waals surface area (Å²) in [6.07, 6.45) is 1.56. The lowest BCUT2D eigenvalue weighted by molar-refractivity contribution is 0.134. The number of likely N-dealkylation sites (N-methyl/N-ethyl adjacent to an activating group) is 1. The lowest BCUT2D eigenvalue weighted by atomic mass is 10.2. The number of benzene rings is 1. The second kappa shape index (κ2) is 7.50. The molecule has 0 saturated heterocycles. The molecule has 1 aromatic heterocycles. The van der Waals surface area contributed by atoms with Crippen LogP contribution in [-0.4, -0.2) is 48.3 Å². The van der Waals surface area contributed by atoms with Crippen molar-refractivity contribution in [3.05, 3.63) is 41.4 Å². The van der Waals surface area contributed by atoms with Crippen LogP contribution in [0.1, 0.15) is 4.88 Å². The van der Waals surface area contributed by atoms with Crippen molar-refractivity contribution in [2.24, 2.45) is 0 Å². The lowest BCUT2D eigenvalue weighted by Gasteiger charge is -2.15. The quantitative estimate of drug-likeness (QED) is 0.817. The molecule has 108 valence electrons. The van der Waals surface area contributed by atoms with E-state index in [1.165, 1.54) is 4.88 Å². The van der Waals surface area contributed by atoms with Gasteiger partial charge in [0.25, 0.3) is 0 Å². The molecule has 0 aliphatic heterocycles. The summed E-state index contributed by atoms with van der Waals surface area (Å²) in [5, 5.41) is 14.1. The number of thiazole rings is 1. The monoisotopic (exact) mass is 291 g/mol. The van der Waals surface area contributed by atoms with Crippen molar-refractivity contribution >= 4 is 11.3 Å². The molecule has 0 aliphatic rings. The Morgan fingerprint density at radius 2 is 2.05 bits per heavy atom. The van der Waals surface area contributed by atoms with E-state index in [1.807, 2.05) is 43.4 Å². The average molecular weight is 291 g/mol. The summed E-state index contributed by atoms with van der Waals surface area (Å²) in [5.41, 5.74) is 1.15. The highest BCUT2D eigenvalue weighted by Gasteiger charge is 2.07. The van der Waals surface area contributed by atoms with Crippen molar-refractivity contribution in [3.63, 3.8) is 0 Å². The predicted molar refractivity (Wildman–Crippen MR) is 83.8 cm³/mol. The molecule has 4 nitrogen and oxygen atoms in total. The van der Waals surface area contributed by atoms with E-state index in [2.05, 4.69) is 22.4 Å². The molecule has 2 N–H and O–H groups in total. The van der Waals surface area contributed by atoms with Gasteiger partial charge >= 0.3 is 0 Å². The molecule has 0 aliphatic carbocycles. The standard InChI is InChI=1S/C15H21N3OS/c1-18(2)11-13(19)8-16-9-14-10-17-15(20-14)12-6-4-3-5-7-12/h3-7,10,13,16,19H,8-9,11H2,1-2H3. The van der Waals surface area contributed by atoms with Gasteiger partial charge in [-0.05, 0) is 14.1 Å². The molecule has 5 heteroatoms. The first-order valence-electron chi connectivity index (χ1n) is 6.69. The fourth-order valence-corrected chi connectivity index (χ4v) is 2.84. The first-order chi connectivity index (χ1) is 9.65. The number of aromatic nitrogens is 1. The number of hydrogen-bond donors (Lipinski definition) is 2. The second-order valence-corrected chi connectivity index (χ2v) is 6.16. The van der Waals surface area contributed by atoms with Crippen LogP contribution in [0, 0.1) is 0 Å². The molecular weight excluding hydrogens is 270 g/mol. The summed E-state index contributed by atoms with van der Waals surface area (Å²) in [6.45, 7) is 2.01. The Bertz CT molecular complexity index is 513. The molecule has 0 fully saturated rings. The third-order valence-electron chi connectivity index (χ3n) is 2.83. The summed E-state index contributed by atoms with van der Waals surface area (Å²) in [5.74, 6) is 0. The van der Waals surface area contributed by atoms with Gasteiger partial charge in [0, 0.05) is 36.3 Å². The highest BCUT2D eigenvalue weighted by molar-refractivity contribution is 7.15. The van der Waals surface area contributed by atoms with E-state index in [9.17, 15) is 5.11 Å². The van der Waals surface area contributed by atoms with Crippen molar-refractivity contribution < 1.29 is 5.11 Å². The van der Waals surface area contributed by atoms with E-state index in [0.29, 0.717) is 13.1 Å². The Kier molecular flexibility index (Phi) is 5.67. The second-order valence-electron chi connectivity index (χ2n) is 5.04. The van der Waals surface area contributed by atoms with Crippen molar-refractivity contribution in [2.45, 2.75) is 12.6 Å². The zero-order valence-electron chi connectivity index (χ0n) is 11.9. The van der Waals surface area contributed by atoms with Crippen LogP contribution in [0.2, 0.25) is 0 Å². The van der Waals surface area contributed by atoms with E-state index in [1.54, 1.807) is 11.3 Å². The van der Waals surface area contributed by atoms with Crippen LogP contribution in [0.25, 0.3) is 10.6 Å². The van der Waals surface area contributed by atoms with Crippen LogP contribution in [0.3, 0.4) is 0 Å². The summed E-state index contributed by atoms with van der Waals surface area (Å²) >= 11 is 1.69. The number of rotatable bonds is 7. The van der Waals surface area contributed by atoms with Crippen LogP contribution in [0.15, 0.2) is 36.5 Å². The van der Waals surface area contributed by atoms with Gasteiger partial charge in [0.2, 0.25) is 0 Å². The molecule has 0 spiro atoms. The van der Waals surface area contributed by atoms with E-state index < -0.39 is 0 Å². The molecule has 0 bridgehead atoms. The maximum absolute atomic E-state index is 9.76. The Morgan fingerprint density at radius 3 is 2.75 bits per heavy atom. The normalized spacial score (nSPS) is 12.8. The zero-order valence-corrected chi connectivity index (χ0v) is 12.7. The largest absolute Gasteiger partial charge is 0.390 e. The third-order valence-corrected chi connectivity index (χ3v) is 3.88. The number of aliphatic hydroxyl groups is 1. The minimum absolute atomic E-state index is 0.341. The Labute approximate surface area is 124 Å². The van der Waals surface area contributed by atoms with Crippen LogP contribution in [0.4, 0.5) is 0 Å². The molecule has 0 amide bonds. The van der Waals surface area contributed by atoms with Gasteiger partial charge in [-0.1, -0.05) is 30.3 Å². The highest BCUT2D eigenvalue weighted by Crippen LogP contribution is 2.24. The fourth-order valence-electron chi connectivity index (χ4n) is 1.95. The first-order valence-corrected chi connectivity index (χ1v) is 7.50. The molecule has 1 aromatic carbocycles. The Hall–Kier alpha value is -1.27. The van der Waals surface area contributed by atoms with Gasteiger partial charge in [-0.25, -0.2) is 4.98 Å². The summed E-state index contributed by atoms with van der Waals surface area (Å²) in [6, 6.07) is 10.2. The summed E-state index contributed by atoms with van der Waals surface area (Å²) < 4.78 is 0. The zero-order chi connectivity index (χ0) is 14.4. The van der Waals surface area contributed by atoms with Crippen LogP contribution >= 0.6 is 11.3 Å². The van der Waals surface area contributed by atoms with Crippen LogP contribution in [0.5, 0.6) is 0 Å². The van der Waals surface area contributed by atoms with Crippen LogP contribution in [-0.2, 0) is 6.54 Å². The number of aliphatic hydroxyl groups excluding tert-OH is 1.